The van der Waals surface area contributed by atoms with Crippen LogP contribution in [0.15, 0.2) is 52.9 Å². The summed E-state index contributed by atoms with van der Waals surface area (Å²) in [5.41, 5.74) is 4.26. The van der Waals surface area contributed by atoms with Crippen molar-refractivity contribution >= 4 is 17.0 Å². The van der Waals surface area contributed by atoms with Crippen LogP contribution in [0, 0.1) is 13.8 Å². The number of fused-ring (bicyclic) bond motifs is 1. The highest BCUT2D eigenvalue weighted by atomic mass is 16.6. The minimum Gasteiger partial charge on any atom is -0.449 e. The topological polar surface area (TPSA) is 91.0 Å². The number of carbonyl (C=O) groups is 1. The first kappa shape index (κ1) is 17.8. The van der Waals surface area contributed by atoms with E-state index in [0.29, 0.717) is 17.0 Å². The van der Waals surface area contributed by atoms with Crippen LogP contribution in [0.25, 0.3) is 22.5 Å². The van der Waals surface area contributed by atoms with Gasteiger partial charge in [0.15, 0.2) is 6.10 Å². The van der Waals surface area contributed by atoms with Crippen molar-refractivity contribution in [3.05, 3.63) is 71.4 Å². The van der Waals surface area contributed by atoms with Crippen molar-refractivity contribution < 1.29 is 13.9 Å². The normalized spacial score (nSPS) is 12.1. The van der Waals surface area contributed by atoms with Gasteiger partial charge in [0.2, 0.25) is 5.89 Å². The van der Waals surface area contributed by atoms with Gasteiger partial charge in [-0.3, -0.25) is 0 Å². The zero-order valence-electron chi connectivity index (χ0n) is 15.7. The lowest BCUT2D eigenvalue weighted by Gasteiger charge is -2.10. The van der Waals surface area contributed by atoms with Gasteiger partial charge in [0.1, 0.15) is 0 Å². The second kappa shape index (κ2) is 7.19. The van der Waals surface area contributed by atoms with Gasteiger partial charge >= 0.3 is 5.97 Å². The van der Waals surface area contributed by atoms with Crippen LogP contribution >= 0.6 is 0 Å². The summed E-state index contributed by atoms with van der Waals surface area (Å²) in [5, 5.41) is 8.01. The van der Waals surface area contributed by atoms with Crippen LogP contribution in [-0.2, 0) is 4.74 Å². The third kappa shape index (κ3) is 3.46. The van der Waals surface area contributed by atoms with Gasteiger partial charge < -0.3 is 9.15 Å². The Morgan fingerprint density at radius 2 is 1.68 bits per heavy atom. The van der Waals surface area contributed by atoms with E-state index in [0.717, 1.165) is 22.5 Å². The standard InChI is InChI=1S/C21H18N4O3/c1-12-13(2)23-18-11-16(9-10-17(18)22-12)21(26)27-14(3)19-24-25-20(28-19)15-7-5-4-6-8-15/h4-11,14H,1-3H3/t14-/m0/s1. The van der Waals surface area contributed by atoms with E-state index in [4.69, 9.17) is 9.15 Å². The number of carbonyl (C=O) groups excluding carboxylic acids is 1. The Morgan fingerprint density at radius 1 is 0.964 bits per heavy atom. The number of esters is 1. The smallest absolute Gasteiger partial charge is 0.338 e. The minimum atomic E-state index is -0.681. The number of benzene rings is 2. The number of nitrogens with zero attached hydrogens (tertiary/aromatic N) is 4. The van der Waals surface area contributed by atoms with E-state index in [1.807, 2.05) is 44.2 Å². The molecule has 0 aliphatic rings. The van der Waals surface area contributed by atoms with Gasteiger partial charge in [0, 0.05) is 5.56 Å². The molecule has 0 bridgehead atoms. The average Bonchev–Trinajstić information content (AvgIpc) is 3.19. The Hall–Kier alpha value is -3.61. The Kier molecular flexibility index (Phi) is 4.57. The predicted octanol–water partition coefficient (Wildman–Crippen LogP) is 4.21. The van der Waals surface area contributed by atoms with Crippen LogP contribution in [0.5, 0.6) is 0 Å². The third-order valence-corrected chi connectivity index (χ3v) is 4.40. The van der Waals surface area contributed by atoms with E-state index in [1.165, 1.54) is 0 Å². The molecule has 2 aromatic heterocycles. The highest BCUT2D eigenvalue weighted by molar-refractivity contribution is 5.93. The zero-order valence-corrected chi connectivity index (χ0v) is 15.7. The van der Waals surface area contributed by atoms with Gasteiger partial charge in [0.05, 0.1) is 28.0 Å². The van der Waals surface area contributed by atoms with Crippen molar-refractivity contribution in [2.24, 2.45) is 0 Å². The molecule has 0 fully saturated rings. The lowest BCUT2D eigenvalue weighted by molar-refractivity contribution is 0.0280. The van der Waals surface area contributed by atoms with Gasteiger partial charge in [-0.25, -0.2) is 14.8 Å². The number of hydrogen-bond donors (Lipinski definition) is 0. The van der Waals surface area contributed by atoms with E-state index < -0.39 is 12.1 Å². The molecule has 0 saturated heterocycles. The van der Waals surface area contributed by atoms with Crippen molar-refractivity contribution in [2.75, 3.05) is 0 Å². The maximum Gasteiger partial charge on any atom is 0.338 e. The highest BCUT2D eigenvalue weighted by Crippen LogP contribution is 2.23. The maximum atomic E-state index is 12.5. The molecule has 1 atom stereocenters. The van der Waals surface area contributed by atoms with Gasteiger partial charge in [-0.05, 0) is 51.1 Å². The van der Waals surface area contributed by atoms with Crippen LogP contribution in [0.2, 0.25) is 0 Å². The summed E-state index contributed by atoms with van der Waals surface area (Å²) in [6.45, 7) is 5.48. The van der Waals surface area contributed by atoms with Gasteiger partial charge in [-0.2, -0.15) is 0 Å². The molecule has 0 amide bonds. The molecule has 0 unspecified atom stereocenters. The number of hydrogen-bond acceptors (Lipinski definition) is 7. The first-order valence-corrected chi connectivity index (χ1v) is 8.86. The monoisotopic (exact) mass is 374 g/mol. The summed E-state index contributed by atoms with van der Waals surface area (Å²) in [4.78, 5) is 21.5. The molecule has 4 rings (SSSR count). The molecule has 0 radical (unpaired) electrons. The van der Waals surface area contributed by atoms with E-state index in [9.17, 15) is 4.79 Å². The Bertz CT molecular complexity index is 1160. The summed E-state index contributed by atoms with van der Waals surface area (Å²) in [6.07, 6.45) is -0.681. The number of rotatable bonds is 4. The van der Waals surface area contributed by atoms with Crippen molar-refractivity contribution in [1.29, 1.82) is 0 Å². The molecular weight excluding hydrogens is 356 g/mol. The van der Waals surface area contributed by atoms with Crippen LogP contribution in [0.4, 0.5) is 0 Å². The lowest BCUT2D eigenvalue weighted by Crippen LogP contribution is -2.10. The molecular formula is C21H18N4O3. The first-order valence-electron chi connectivity index (χ1n) is 8.86. The van der Waals surface area contributed by atoms with Crippen LogP contribution in [-0.4, -0.2) is 26.1 Å². The van der Waals surface area contributed by atoms with Gasteiger partial charge in [-0.15, -0.1) is 10.2 Å². The summed E-state index contributed by atoms with van der Waals surface area (Å²) >= 11 is 0. The van der Waals surface area contributed by atoms with Crippen molar-refractivity contribution in [1.82, 2.24) is 20.2 Å². The molecule has 28 heavy (non-hydrogen) atoms. The second-order valence-electron chi connectivity index (χ2n) is 6.46. The third-order valence-electron chi connectivity index (χ3n) is 4.40. The molecule has 140 valence electrons. The van der Waals surface area contributed by atoms with Gasteiger partial charge in [-0.1, -0.05) is 18.2 Å². The summed E-state index contributed by atoms with van der Waals surface area (Å²) in [7, 11) is 0. The van der Waals surface area contributed by atoms with Crippen molar-refractivity contribution in [3.63, 3.8) is 0 Å². The fourth-order valence-electron chi connectivity index (χ4n) is 2.73. The van der Waals surface area contributed by atoms with E-state index in [1.54, 1.807) is 25.1 Å². The van der Waals surface area contributed by atoms with Crippen LogP contribution in [0.3, 0.4) is 0 Å². The van der Waals surface area contributed by atoms with Crippen molar-refractivity contribution in [2.45, 2.75) is 26.9 Å². The Labute approximate surface area is 161 Å². The largest absolute Gasteiger partial charge is 0.449 e. The molecule has 2 heterocycles. The summed E-state index contributed by atoms with van der Waals surface area (Å²) < 4.78 is 11.1. The summed E-state index contributed by atoms with van der Waals surface area (Å²) in [5.74, 6) is 0.124. The molecule has 2 aromatic carbocycles. The number of aromatic nitrogens is 4. The number of ether oxygens (including phenoxy) is 1. The Morgan fingerprint density at radius 3 is 2.43 bits per heavy atom. The van der Waals surface area contributed by atoms with Crippen molar-refractivity contribution in [3.8, 4) is 11.5 Å². The molecule has 7 nitrogen and oxygen atoms in total. The molecule has 0 saturated carbocycles. The fourth-order valence-corrected chi connectivity index (χ4v) is 2.73. The van der Waals surface area contributed by atoms with Gasteiger partial charge in [0.25, 0.3) is 5.89 Å². The molecule has 0 N–H and O–H groups in total. The van der Waals surface area contributed by atoms with E-state index >= 15 is 0 Å². The highest BCUT2D eigenvalue weighted by Gasteiger charge is 2.20. The lowest BCUT2D eigenvalue weighted by atomic mass is 10.2. The first-order chi connectivity index (χ1) is 13.5. The molecule has 0 aliphatic heterocycles. The maximum absolute atomic E-state index is 12.5. The minimum absolute atomic E-state index is 0.235. The van der Waals surface area contributed by atoms with Crippen LogP contribution < -0.4 is 0 Å². The van der Waals surface area contributed by atoms with E-state index in [-0.39, 0.29) is 5.89 Å². The molecule has 0 spiro atoms. The summed E-state index contributed by atoms with van der Waals surface area (Å²) in [6, 6.07) is 14.5. The SMILES string of the molecule is Cc1nc2ccc(C(=O)O[C@@H](C)c3nnc(-c4ccccc4)o3)cc2nc1C. The molecule has 0 aliphatic carbocycles. The molecule has 7 heteroatoms. The average molecular weight is 374 g/mol. The predicted molar refractivity (Wildman–Crippen MR) is 103 cm³/mol. The Balaban J connectivity index is 1.52. The molecule has 4 aromatic rings. The fraction of sp³-hybridized carbons (Fsp3) is 0.190. The second-order valence-corrected chi connectivity index (χ2v) is 6.46. The zero-order chi connectivity index (χ0) is 19.7. The quantitative estimate of drug-likeness (QED) is 0.494. The number of aryl methyl sites for hydroxylation is 2. The van der Waals surface area contributed by atoms with Crippen LogP contribution in [0.1, 0.15) is 40.7 Å². The van der Waals surface area contributed by atoms with E-state index in [2.05, 4.69) is 20.2 Å².